The average Bonchev–Trinajstić information content (AvgIpc) is 3.12. The number of carbonyl (C=O) groups is 1. The lowest BCUT2D eigenvalue weighted by Crippen LogP contribution is -2.03. The van der Waals surface area contributed by atoms with Gasteiger partial charge in [0.1, 0.15) is 5.52 Å². The van der Waals surface area contributed by atoms with Crippen molar-refractivity contribution in [2.45, 2.75) is 18.8 Å². The molecular formula is C13H11NO3. The fourth-order valence-corrected chi connectivity index (χ4v) is 1.97. The van der Waals surface area contributed by atoms with Crippen LogP contribution in [0.15, 0.2) is 30.5 Å². The number of fused-ring (bicyclic) bond motifs is 1. The van der Waals surface area contributed by atoms with E-state index >= 15 is 0 Å². The van der Waals surface area contributed by atoms with E-state index in [0.29, 0.717) is 11.4 Å². The highest BCUT2D eigenvalue weighted by Gasteiger charge is 2.24. The minimum absolute atomic E-state index is 0.289. The van der Waals surface area contributed by atoms with Crippen molar-refractivity contribution in [3.05, 3.63) is 36.0 Å². The van der Waals surface area contributed by atoms with Gasteiger partial charge in [-0.05, 0) is 36.5 Å². The normalized spacial score (nSPS) is 14.8. The smallest absolute Gasteiger partial charge is 0.449 e. The second-order valence-electron chi connectivity index (χ2n) is 4.24. The molecule has 0 aliphatic heterocycles. The molecule has 0 amide bonds. The van der Waals surface area contributed by atoms with Gasteiger partial charge < -0.3 is 9.84 Å². The van der Waals surface area contributed by atoms with Crippen molar-refractivity contribution in [3.63, 3.8) is 0 Å². The summed E-state index contributed by atoms with van der Waals surface area (Å²) < 4.78 is 4.70. The average molecular weight is 229 g/mol. The highest BCUT2D eigenvalue weighted by Crippen LogP contribution is 2.40. The van der Waals surface area contributed by atoms with Gasteiger partial charge in [0, 0.05) is 11.6 Å². The predicted octanol–water partition coefficient (Wildman–Crippen LogP) is 3.17. The van der Waals surface area contributed by atoms with Crippen LogP contribution in [0.1, 0.15) is 24.3 Å². The van der Waals surface area contributed by atoms with E-state index in [2.05, 4.69) is 11.1 Å². The van der Waals surface area contributed by atoms with Crippen LogP contribution in [0.5, 0.6) is 5.75 Å². The van der Waals surface area contributed by atoms with Gasteiger partial charge in [-0.2, -0.15) is 0 Å². The van der Waals surface area contributed by atoms with Crippen LogP contribution in [0.4, 0.5) is 4.79 Å². The number of aromatic nitrogens is 1. The summed E-state index contributed by atoms with van der Waals surface area (Å²) in [5.74, 6) is 0.924. The van der Waals surface area contributed by atoms with Crippen LogP contribution in [0.3, 0.4) is 0 Å². The third-order valence-electron chi connectivity index (χ3n) is 2.94. The molecule has 2 aromatic rings. The van der Waals surface area contributed by atoms with E-state index in [0.717, 1.165) is 5.39 Å². The Morgan fingerprint density at radius 1 is 1.41 bits per heavy atom. The van der Waals surface area contributed by atoms with Crippen LogP contribution < -0.4 is 4.74 Å². The first-order valence-corrected chi connectivity index (χ1v) is 5.53. The van der Waals surface area contributed by atoms with E-state index in [-0.39, 0.29) is 5.75 Å². The van der Waals surface area contributed by atoms with E-state index in [1.807, 2.05) is 12.3 Å². The number of carboxylic acid groups (broad SMARTS) is 1. The number of nitrogens with zero attached hydrogens (tertiary/aromatic N) is 1. The van der Waals surface area contributed by atoms with Gasteiger partial charge in [-0.25, -0.2) is 4.79 Å². The molecular weight excluding hydrogens is 218 g/mol. The molecule has 1 aliphatic rings. The maximum Gasteiger partial charge on any atom is 0.511 e. The zero-order valence-electron chi connectivity index (χ0n) is 9.09. The lowest BCUT2D eigenvalue weighted by atomic mass is 10.1. The zero-order chi connectivity index (χ0) is 11.8. The number of rotatable bonds is 2. The Morgan fingerprint density at radius 2 is 2.24 bits per heavy atom. The molecule has 0 spiro atoms. The Labute approximate surface area is 97.9 Å². The third kappa shape index (κ3) is 1.93. The van der Waals surface area contributed by atoms with Gasteiger partial charge in [0.05, 0.1) is 0 Å². The van der Waals surface area contributed by atoms with E-state index in [9.17, 15) is 4.79 Å². The molecule has 1 heterocycles. The van der Waals surface area contributed by atoms with Crippen LogP contribution in [-0.2, 0) is 0 Å². The first-order valence-electron chi connectivity index (χ1n) is 5.53. The number of pyridine rings is 1. The Morgan fingerprint density at radius 3 is 2.94 bits per heavy atom. The van der Waals surface area contributed by atoms with Gasteiger partial charge in [0.25, 0.3) is 0 Å². The number of hydrogen-bond acceptors (Lipinski definition) is 3. The van der Waals surface area contributed by atoms with Crippen molar-refractivity contribution in [1.29, 1.82) is 0 Å². The van der Waals surface area contributed by atoms with Gasteiger partial charge in [-0.3, -0.25) is 4.98 Å². The van der Waals surface area contributed by atoms with Crippen LogP contribution in [0.2, 0.25) is 0 Å². The summed E-state index contributed by atoms with van der Waals surface area (Å²) in [7, 11) is 0. The van der Waals surface area contributed by atoms with Gasteiger partial charge in [-0.1, -0.05) is 12.1 Å². The molecule has 3 rings (SSSR count). The standard InChI is InChI=1S/C13H11NO3/c15-13(16)17-11-3-1-2-9-6-10(8-4-5-8)7-14-12(9)11/h1-3,6-8H,4-5H2,(H,15,16). The van der Waals surface area contributed by atoms with Crippen LogP contribution in [-0.4, -0.2) is 16.2 Å². The molecule has 1 saturated carbocycles. The fourth-order valence-electron chi connectivity index (χ4n) is 1.97. The molecule has 0 unspecified atom stereocenters. The molecule has 1 aromatic carbocycles. The first-order chi connectivity index (χ1) is 8.24. The lowest BCUT2D eigenvalue weighted by molar-refractivity contribution is 0.145. The molecule has 4 nitrogen and oxygen atoms in total. The highest BCUT2D eigenvalue weighted by atomic mass is 16.7. The number of benzene rings is 1. The number of ether oxygens (including phenoxy) is 1. The van der Waals surface area contributed by atoms with Crippen LogP contribution >= 0.6 is 0 Å². The molecule has 0 radical (unpaired) electrons. The van der Waals surface area contributed by atoms with Gasteiger partial charge in [-0.15, -0.1) is 0 Å². The maximum atomic E-state index is 10.5. The molecule has 1 N–H and O–H groups in total. The molecule has 0 saturated heterocycles. The molecule has 86 valence electrons. The molecule has 1 aromatic heterocycles. The topological polar surface area (TPSA) is 59.4 Å². The summed E-state index contributed by atoms with van der Waals surface area (Å²) in [5.41, 5.74) is 1.82. The molecule has 1 fully saturated rings. The van der Waals surface area contributed by atoms with Gasteiger partial charge in [0.2, 0.25) is 0 Å². The van der Waals surface area contributed by atoms with Crippen molar-refractivity contribution in [3.8, 4) is 5.75 Å². The Bertz CT molecular complexity index is 590. The molecule has 1 aliphatic carbocycles. The van der Waals surface area contributed by atoms with Gasteiger partial charge >= 0.3 is 6.16 Å². The second kappa shape index (κ2) is 3.73. The quantitative estimate of drug-likeness (QED) is 0.634. The summed E-state index contributed by atoms with van der Waals surface area (Å²) >= 11 is 0. The summed E-state index contributed by atoms with van der Waals surface area (Å²) in [6, 6.07) is 7.37. The molecule has 4 heteroatoms. The third-order valence-corrected chi connectivity index (χ3v) is 2.94. The maximum absolute atomic E-state index is 10.5. The minimum atomic E-state index is -1.31. The van der Waals surface area contributed by atoms with Crippen LogP contribution in [0.25, 0.3) is 10.9 Å². The predicted molar refractivity (Wildman–Crippen MR) is 62.4 cm³/mol. The van der Waals surface area contributed by atoms with E-state index < -0.39 is 6.16 Å². The van der Waals surface area contributed by atoms with E-state index in [4.69, 9.17) is 9.84 Å². The first kappa shape index (κ1) is 10.1. The Hall–Kier alpha value is -2.10. The zero-order valence-corrected chi connectivity index (χ0v) is 9.09. The van der Waals surface area contributed by atoms with Gasteiger partial charge in [0.15, 0.2) is 5.75 Å². The fraction of sp³-hybridized carbons (Fsp3) is 0.231. The highest BCUT2D eigenvalue weighted by molar-refractivity contribution is 5.86. The van der Waals surface area contributed by atoms with Crippen LogP contribution in [0, 0.1) is 0 Å². The SMILES string of the molecule is O=C(O)Oc1cccc2cc(C3CC3)cnc12. The second-order valence-corrected chi connectivity index (χ2v) is 4.24. The summed E-state index contributed by atoms with van der Waals surface area (Å²) in [6.07, 6.45) is 2.94. The van der Waals surface area contributed by atoms with E-state index in [1.54, 1.807) is 12.1 Å². The Kier molecular flexibility index (Phi) is 2.21. The molecule has 0 atom stereocenters. The van der Waals surface area contributed by atoms with Crippen molar-refractivity contribution in [1.82, 2.24) is 4.98 Å². The summed E-state index contributed by atoms with van der Waals surface area (Å²) in [4.78, 5) is 14.9. The van der Waals surface area contributed by atoms with Crippen molar-refractivity contribution in [2.24, 2.45) is 0 Å². The number of para-hydroxylation sites is 1. The summed E-state index contributed by atoms with van der Waals surface area (Å²) in [5, 5.41) is 9.55. The van der Waals surface area contributed by atoms with Crippen molar-refractivity contribution in [2.75, 3.05) is 0 Å². The lowest BCUT2D eigenvalue weighted by Gasteiger charge is -2.05. The largest absolute Gasteiger partial charge is 0.511 e. The Balaban J connectivity index is 2.09. The molecule has 0 bridgehead atoms. The molecule has 17 heavy (non-hydrogen) atoms. The summed E-state index contributed by atoms with van der Waals surface area (Å²) in [6.45, 7) is 0. The number of hydrogen-bond donors (Lipinski definition) is 1. The van der Waals surface area contributed by atoms with Crippen molar-refractivity contribution >= 4 is 17.1 Å². The van der Waals surface area contributed by atoms with Crippen molar-refractivity contribution < 1.29 is 14.6 Å². The monoisotopic (exact) mass is 229 g/mol. The minimum Gasteiger partial charge on any atom is -0.449 e. The van der Waals surface area contributed by atoms with E-state index in [1.165, 1.54) is 18.4 Å².